The molecular weight excluding hydrogens is 312 g/mol. The van der Waals surface area contributed by atoms with Gasteiger partial charge in [-0.2, -0.15) is 0 Å². The number of aryl methyl sites for hydroxylation is 1. The number of aliphatic imine (C=N–C) groups is 1. The molecule has 0 aliphatic rings. The first-order valence-corrected chi connectivity index (χ1v) is 7.47. The molecule has 0 aliphatic carbocycles. The van der Waals surface area contributed by atoms with Crippen molar-refractivity contribution in [3.8, 4) is 0 Å². The molecule has 1 heterocycles. The number of benzene rings is 2. The lowest BCUT2D eigenvalue weighted by atomic mass is 10.1. The van der Waals surface area contributed by atoms with Crippen molar-refractivity contribution in [1.82, 2.24) is 4.57 Å². The van der Waals surface area contributed by atoms with Crippen molar-refractivity contribution in [3.05, 3.63) is 64.3 Å². The molecule has 0 radical (unpaired) electrons. The summed E-state index contributed by atoms with van der Waals surface area (Å²) >= 11 is 6.12. The minimum atomic E-state index is -1.00. The first-order chi connectivity index (χ1) is 11.0. The smallest absolute Gasteiger partial charge is 0.335 e. The molecule has 0 fully saturated rings. The van der Waals surface area contributed by atoms with E-state index in [-0.39, 0.29) is 5.56 Å². The number of para-hydroxylation sites is 1. The largest absolute Gasteiger partial charge is 0.478 e. The quantitative estimate of drug-likeness (QED) is 0.716. The third-order valence-electron chi connectivity index (χ3n) is 3.97. The van der Waals surface area contributed by atoms with Crippen molar-refractivity contribution < 1.29 is 9.90 Å². The summed E-state index contributed by atoms with van der Waals surface area (Å²) in [5.74, 6) is -1.00. The fourth-order valence-corrected chi connectivity index (χ4v) is 2.76. The molecule has 2 aromatic carbocycles. The van der Waals surface area contributed by atoms with E-state index in [9.17, 15) is 4.79 Å². The van der Waals surface area contributed by atoms with Crippen molar-refractivity contribution in [3.63, 3.8) is 0 Å². The lowest BCUT2D eigenvalue weighted by Crippen LogP contribution is -1.95. The van der Waals surface area contributed by atoms with Gasteiger partial charge in [0, 0.05) is 35.4 Å². The van der Waals surface area contributed by atoms with Crippen LogP contribution in [-0.4, -0.2) is 21.9 Å². The third kappa shape index (κ3) is 2.73. The second-order valence-electron chi connectivity index (χ2n) is 5.30. The molecule has 116 valence electrons. The predicted octanol–water partition coefficient (Wildman–Crippen LogP) is 4.59. The van der Waals surface area contributed by atoms with Gasteiger partial charge < -0.3 is 9.67 Å². The van der Waals surface area contributed by atoms with E-state index >= 15 is 0 Å². The standard InChI is InChI=1S/C18H15ClN2O2/c1-11-14(13-5-3-4-6-17(13)21(11)2)10-20-16-9-12(18(22)23)7-8-15(16)19/h3-10H,1-2H3,(H,22,23). The predicted molar refractivity (Wildman–Crippen MR) is 93.3 cm³/mol. The SMILES string of the molecule is Cc1c(C=Nc2cc(C(=O)O)ccc2Cl)c2ccccc2n1C. The van der Waals surface area contributed by atoms with E-state index in [2.05, 4.69) is 15.6 Å². The molecule has 0 saturated carbocycles. The molecule has 1 aromatic heterocycles. The summed E-state index contributed by atoms with van der Waals surface area (Å²) in [4.78, 5) is 15.5. The van der Waals surface area contributed by atoms with Crippen LogP contribution in [0.25, 0.3) is 10.9 Å². The summed E-state index contributed by atoms with van der Waals surface area (Å²) in [6.07, 6.45) is 1.74. The van der Waals surface area contributed by atoms with Crippen LogP contribution in [0, 0.1) is 6.92 Å². The van der Waals surface area contributed by atoms with Crippen LogP contribution >= 0.6 is 11.6 Å². The zero-order chi connectivity index (χ0) is 16.6. The van der Waals surface area contributed by atoms with Crippen molar-refractivity contribution in [2.75, 3.05) is 0 Å². The fourth-order valence-electron chi connectivity index (χ4n) is 2.59. The lowest BCUT2D eigenvalue weighted by molar-refractivity contribution is 0.0697. The third-order valence-corrected chi connectivity index (χ3v) is 4.29. The summed E-state index contributed by atoms with van der Waals surface area (Å²) in [5, 5.41) is 10.6. The molecule has 0 unspecified atom stereocenters. The maximum Gasteiger partial charge on any atom is 0.335 e. The van der Waals surface area contributed by atoms with E-state index in [1.165, 1.54) is 12.1 Å². The van der Waals surface area contributed by atoms with Crippen LogP contribution in [0.3, 0.4) is 0 Å². The van der Waals surface area contributed by atoms with Crippen LogP contribution in [0.5, 0.6) is 0 Å². The molecule has 3 aromatic rings. The number of rotatable bonds is 3. The summed E-state index contributed by atoms with van der Waals surface area (Å²) in [7, 11) is 2.01. The molecule has 5 heteroatoms. The van der Waals surface area contributed by atoms with Gasteiger partial charge in [0.05, 0.1) is 16.3 Å². The van der Waals surface area contributed by atoms with Gasteiger partial charge in [-0.25, -0.2) is 4.79 Å². The molecule has 0 atom stereocenters. The van der Waals surface area contributed by atoms with Crippen LogP contribution in [0.15, 0.2) is 47.5 Å². The maximum atomic E-state index is 11.1. The first kappa shape index (κ1) is 15.3. The molecule has 0 amide bonds. The van der Waals surface area contributed by atoms with Gasteiger partial charge in [-0.05, 0) is 31.2 Å². The van der Waals surface area contributed by atoms with E-state index in [1.807, 2.05) is 32.2 Å². The van der Waals surface area contributed by atoms with Crippen LogP contribution in [0.4, 0.5) is 5.69 Å². The Morgan fingerprint density at radius 2 is 2.00 bits per heavy atom. The minimum absolute atomic E-state index is 0.163. The van der Waals surface area contributed by atoms with Crippen molar-refractivity contribution >= 4 is 40.4 Å². The van der Waals surface area contributed by atoms with Gasteiger partial charge >= 0.3 is 5.97 Å². The van der Waals surface area contributed by atoms with Crippen molar-refractivity contribution in [2.45, 2.75) is 6.92 Å². The van der Waals surface area contributed by atoms with E-state index in [1.54, 1.807) is 12.3 Å². The lowest BCUT2D eigenvalue weighted by Gasteiger charge is -2.01. The Bertz CT molecular complexity index is 942. The Morgan fingerprint density at radius 1 is 1.26 bits per heavy atom. The normalized spacial score (nSPS) is 11.4. The van der Waals surface area contributed by atoms with Crippen LogP contribution in [0.1, 0.15) is 21.6 Å². The average Bonchev–Trinajstić information content (AvgIpc) is 2.78. The number of carbonyl (C=O) groups is 1. The summed E-state index contributed by atoms with van der Waals surface area (Å²) in [6, 6.07) is 12.6. The Balaban J connectivity index is 2.09. The number of aromatic carboxylic acids is 1. The van der Waals surface area contributed by atoms with Gasteiger partial charge in [-0.1, -0.05) is 29.8 Å². The molecule has 3 rings (SSSR count). The zero-order valence-electron chi connectivity index (χ0n) is 12.7. The summed E-state index contributed by atoms with van der Waals surface area (Å²) in [6.45, 7) is 2.02. The number of carboxylic acids is 1. The van der Waals surface area contributed by atoms with Gasteiger partial charge in [0.25, 0.3) is 0 Å². The zero-order valence-corrected chi connectivity index (χ0v) is 13.5. The highest BCUT2D eigenvalue weighted by Crippen LogP contribution is 2.28. The minimum Gasteiger partial charge on any atom is -0.478 e. The molecule has 23 heavy (non-hydrogen) atoms. The molecule has 0 aliphatic heterocycles. The topological polar surface area (TPSA) is 54.6 Å². The molecule has 0 spiro atoms. The highest BCUT2D eigenvalue weighted by Gasteiger charge is 2.10. The Morgan fingerprint density at radius 3 is 2.74 bits per heavy atom. The van der Waals surface area contributed by atoms with Gasteiger partial charge in [0.1, 0.15) is 0 Å². The van der Waals surface area contributed by atoms with Crippen LogP contribution in [-0.2, 0) is 7.05 Å². The number of hydrogen-bond donors (Lipinski definition) is 1. The van der Waals surface area contributed by atoms with Gasteiger partial charge in [-0.15, -0.1) is 0 Å². The summed E-state index contributed by atoms with van der Waals surface area (Å²) < 4.78 is 2.10. The molecule has 0 bridgehead atoms. The Labute approximate surface area is 138 Å². The van der Waals surface area contributed by atoms with E-state index in [0.717, 1.165) is 22.2 Å². The highest BCUT2D eigenvalue weighted by atomic mass is 35.5. The number of fused-ring (bicyclic) bond motifs is 1. The van der Waals surface area contributed by atoms with Crippen molar-refractivity contribution in [1.29, 1.82) is 0 Å². The highest BCUT2D eigenvalue weighted by molar-refractivity contribution is 6.33. The fraction of sp³-hybridized carbons (Fsp3) is 0.111. The van der Waals surface area contributed by atoms with Crippen LogP contribution < -0.4 is 0 Å². The number of carboxylic acid groups (broad SMARTS) is 1. The summed E-state index contributed by atoms with van der Waals surface area (Å²) in [5.41, 5.74) is 3.81. The van der Waals surface area contributed by atoms with Gasteiger partial charge in [-0.3, -0.25) is 4.99 Å². The number of hydrogen-bond acceptors (Lipinski definition) is 2. The average molecular weight is 327 g/mol. The number of nitrogens with zero attached hydrogens (tertiary/aromatic N) is 2. The number of aromatic nitrogens is 1. The first-order valence-electron chi connectivity index (χ1n) is 7.10. The van der Waals surface area contributed by atoms with E-state index in [0.29, 0.717) is 10.7 Å². The molecule has 4 nitrogen and oxygen atoms in total. The molecule has 0 saturated heterocycles. The van der Waals surface area contributed by atoms with E-state index in [4.69, 9.17) is 16.7 Å². The second kappa shape index (κ2) is 5.89. The number of halogens is 1. The molecule has 1 N–H and O–H groups in total. The van der Waals surface area contributed by atoms with Gasteiger partial charge in [0.2, 0.25) is 0 Å². The van der Waals surface area contributed by atoms with Gasteiger partial charge in [0.15, 0.2) is 0 Å². The Kier molecular flexibility index (Phi) is 3.92. The molecular formula is C18H15ClN2O2. The van der Waals surface area contributed by atoms with Crippen LogP contribution in [0.2, 0.25) is 5.02 Å². The van der Waals surface area contributed by atoms with E-state index < -0.39 is 5.97 Å². The van der Waals surface area contributed by atoms with Crippen molar-refractivity contribution in [2.24, 2.45) is 12.0 Å². The maximum absolute atomic E-state index is 11.1. The Hall–Kier alpha value is -2.59. The second-order valence-corrected chi connectivity index (χ2v) is 5.71. The monoisotopic (exact) mass is 326 g/mol.